The van der Waals surface area contributed by atoms with Crippen LogP contribution in [0.2, 0.25) is 0 Å². The molecule has 17 heavy (non-hydrogen) atoms. The summed E-state index contributed by atoms with van der Waals surface area (Å²) in [5, 5.41) is 9.62. The predicted molar refractivity (Wildman–Crippen MR) is 58.2 cm³/mol. The lowest BCUT2D eigenvalue weighted by atomic mass is 10.3. The van der Waals surface area contributed by atoms with E-state index >= 15 is 0 Å². The van der Waals surface area contributed by atoms with Crippen LogP contribution in [0.5, 0.6) is 5.75 Å². The summed E-state index contributed by atoms with van der Waals surface area (Å²) in [6.07, 6.45) is 0. The lowest BCUT2D eigenvalue weighted by molar-refractivity contribution is -0.118. The smallest absolute Gasteiger partial charge is 0.264 e. The van der Waals surface area contributed by atoms with Gasteiger partial charge in [0.25, 0.3) is 5.91 Å². The van der Waals surface area contributed by atoms with Crippen LogP contribution in [0.15, 0.2) is 24.3 Å². The van der Waals surface area contributed by atoms with Crippen LogP contribution in [-0.2, 0) is 4.79 Å². The molecule has 0 aliphatic carbocycles. The highest BCUT2D eigenvalue weighted by molar-refractivity contribution is 7.09. The lowest BCUT2D eigenvalue weighted by Gasteiger charge is -2.04. The van der Waals surface area contributed by atoms with E-state index in [2.05, 4.69) is 20.1 Å². The lowest BCUT2D eigenvalue weighted by Crippen LogP contribution is -2.20. The van der Waals surface area contributed by atoms with E-state index in [0.29, 0.717) is 10.9 Å². The molecule has 1 aromatic heterocycles. The van der Waals surface area contributed by atoms with Gasteiger partial charge in [-0.1, -0.05) is 9.59 Å². The zero-order valence-corrected chi connectivity index (χ0v) is 9.28. The second-order valence-electron chi connectivity index (χ2n) is 2.96. The molecule has 1 aromatic carbocycles. The molecule has 0 saturated heterocycles. The molecule has 0 spiro atoms. The van der Waals surface area contributed by atoms with E-state index in [1.807, 2.05) is 0 Å². The Labute approximate surface area is 99.6 Å². The van der Waals surface area contributed by atoms with Crippen molar-refractivity contribution in [3.8, 4) is 5.75 Å². The largest absolute Gasteiger partial charge is 0.484 e. The third kappa shape index (κ3) is 3.45. The number of nitrogens with one attached hydrogen (secondary N) is 1. The Bertz CT molecular complexity index is 488. The Kier molecular flexibility index (Phi) is 3.55. The van der Waals surface area contributed by atoms with Crippen molar-refractivity contribution in [3.05, 3.63) is 30.1 Å². The summed E-state index contributed by atoms with van der Waals surface area (Å²) in [7, 11) is 0. The van der Waals surface area contributed by atoms with Gasteiger partial charge in [-0.05, 0) is 29.5 Å². The van der Waals surface area contributed by atoms with Crippen molar-refractivity contribution in [2.24, 2.45) is 0 Å². The highest BCUT2D eigenvalue weighted by Gasteiger charge is 2.06. The molecule has 0 aliphatic rings. The molecule has 1 heterocycles. The maximum absolute atomic E-state index is 12.6. The number of halogens is 1. The van der Waals surface area contributed by atoms with Gasteiger partial charge in [0.15, 0.2) is 6.61 Å². The first-order valence-electron chi connectivity index (χ1n) is 4.57. The van der Waals surface area contributed by atoms with E-state index < -0.39 is 0 Å². The molecule has 0 saturated carbocycles. The average molecular weight is 254 g/mol. The minimum absolute atomic E-state index is 0.189. The molecule has 88 valence electrons. The third-order valence-electron chi connectivity index (χ3n) is 1.73. The molecule has 0 unspecified atom stereocenters. The Morgan fingerprint density at radius 3 is 2.82 bits per heavy atom. The predicted octanol–water partition coefficient (Wildman–Crippen LogP) is 1.09. The number of aromatic nitrogens is 3. The van der Waals surface area contributed by atoms with Crippen molar-refractivity contribution < 1.29 is 13.9 Å². The van der Waals surface area contributed by atoms with Crippen molar-refractivity contribution in [3.63, 3.8) is 0 Å². The van der Waals surface area contributed by atoms with Crippen molar-refractivity contribution in [1.29, 1.82) is 0 Å². The molecule has 0 radical (unpaired) electrons. The number of carbonyl (C=O) groups is 1. The van der Waals surface area contributed by atoms with Crippen LogP contribution in [-0.4, -0.2) is 27.3 Å². The van der Waals surface area contributed by atoms with E-state index in [9.17, 15) is 9.18 Å². The molecule has 8 heteroatoms. The van der Waals surface area contributed by atoms with Crippen molar-refractivity contribution in [1.82, 2.24) is 14.8 Å². The second-order valence-corrected chi connectivity index (χ2v) is 3.69. The summed E-state index contributed by atoms with van der Waals surface area (Å²) in [6, 6.07) is 5.38. The quantitative estimate of drug-likeness (QED) is 0.883. The number of ether oxygens (including phenoxy) is 1. The van der Waals surface area contributed by atoms with E-state index in [4.69, 9.17) is 4.74 Å². The summed E-state index contributed by atoms with van der Waals surface area (Å²) < 4.78 is 21.2. The van der Waals surface area contributed by atoms with Gasteiger partial charge in [0.2, 0.25) is 5.13 Å². The normalized spacial score (nSPS) is 9.94. The summed E-state index contributed by atoms with van der Waals surface area (Å²) in [5.41, 5.74) is 0. The standard InChI is InChI=1S/C9H7FN4O2S/c10-6-1-3-7(4-2-6)16-5-8(15)11-9-12-13-14-17-9/h1-4H,5H2,(H,11,12,14,15). The number of benzene rings is 1. The van der Waals surface area contributed by atoms with Crippen LogP contribution >= 0.6 is 11.5 Å². The van der Waals surface area contributed by atoms with Crippen LogP contribution in [0.3, 0.4) is 0 Å². The molecule has 0 bridgehead atoms. The Hall–Kier alpha value is -2.09. The van der Waals surface area contributed by atoms with E-state index in [1.165, 1.54) is 24.3 Å². The summed E-state index contributed by atoms with van der Waals surface area (Å²) >= 11 is 0.966. The van der Waals surface area contributed by atoms with E-state index in [1.54, 1.807) is 0 Å². The fraction of sp³-hybridized carbons (Fsp3) is 0.111. The minimum atomic E-state index is -0.382. The van der Waals surface area contributed by atoms with Crippen LogP contribution in [0.25, 0.3) is 0 Å². The average Bonchev–Trinajstić information content (AvgIpc) is 2.81. The highest BCUT2D eigenvalue weighted by Crippen LogP contribution is 2.11. The zero-order valence-electron chi connectivity index (χ0n) is 8.46. The highest BCUT2D eigenvalue weighted by atomic mass is 32.1. The second kappa shape index (κ2) is 5.30. The zero-order chi connectivity index (χ0) is 12.1. The van der Waals surface area contributed by atoms with Gasteiger partial charge >= 0.3 is 0 Å². The minimum Gasteiger partial charge on any atom is -0.484 e. The molecule has 6 nitrogen and oxygen atoms in total. The third-order valence-corrected chi connectivity index (χ3v) is 2.24. The molecule has 0 aliphatic heterocycles. The number of hydrogen-bond acceptors (Lipinski definition) is 6. The van der Waals surface area contributed by atoms with Crippen molar-refractivity contribution in [2.45, 2.75) is 0 Å². The van der Waals surface area contributed by atoms with Gasteiger partial charge in [-0.15, -0.1) is 0 Å². The first-order chi connectivity index (χ1) is 8.24. The van der Waals surface area contributed by atoms with E-state index in [0.717, 1.165) is 11.5 Å². The van der Waals surface area contributed by atoms with Crippen LogP contribution in [0.4, 0.5) is 9.52 Å². The summed E-state index contributed by atoms with van der Waals surface area (Å²) in [6.45, 7) is -0.189. The molecule has 1 N–H and O–H groups in total. The maximum Gasteiger partial charge on any atom is 0.264 e. The number of anilines is 1. The molecule has 2 aromatic rings. The van der Waals surface area contributed by atoms with Gasteiger partial charge in [-0.2, -0.15) is 0 Å². The van der Waals surface area contributed by atoms with Crippen LogP contribution in [0.1, 0.15) is 0 Å². The monoisotopic (exact) mass is 254 g/mol. The Morgan fingerprint density at radius 1 is 1.41 bits per heavy atom. The topological polar surface area (TPSA) is 77.0 Å². The number of nitrogens with zero attached hydrogens (tertiary/aromatic N) is 3. The van der Waals surface area contributed by atoms with Gasteiger partial charge in [-0.25, -0.2) is 4.39 Å². The van der Waals surface area contributed by atoms with Crippen LogP contribution < -0.4 is 10.1 Å². The van der Waals surface area contributed by atoms with Gasteiger partial charge in [0.1, 0.15) is 11.6 Å². The Balaban J connectivity index is 1.82. The van der Waals surface area contributed by atoms with Crippen molar-refractivity contribution >= 4 is 22.6 Å². The molecule has 1 amide bonds. The molecular weight excluding hydrogens is 247 g/mol. The number of rotatable bonds is 4. The molecule has 0 atom stereocenters. The van der Waals surface area contributed by atoms with Crippen LogP contribution in [0, 0.1) is 5.82 Å². The fourth-order valence-corrected chi connectivity index (χ4v) is 1.40. The first-order valence-corrected chi connectivity index (χ1v) is 5.34. The molecular formula is C9H7FN4O2S. The van der Waals surface area contributed by atoms with Gasteiger partial charge in [0, 0.05) is 11.5 Å². The van der Waals surface area contributed by atoms with Crippen molar-refractivity contribution in [2.75, 3.05) is 11.9 Å². The van der Waals surface area contributed by atoms with Gasteiger partial charge < -0.3 is 4.74 Å². The SMILES string of the molecule is O=C(COc1ccc(F)cc1)Nc1nnns1. The molecule has 2 rings (SSSR count). The molecule has 0 fully saturated rings. The first kappa shape index (κ1) is 11.4. The fourth-order valence-electron chi connectivity index (χ4n) is 1.02. The number of hydrogen-bond donors (Lipinski definition) is 1. The maximum atomic E-state index is 12.6. The summed E-state index contributed by atoms with van der Waals surface area (Å²) in [4.78, 5) is 11.4. The van der Waals surface area contributed by atoms with Gasteiger partial charge in [0.05, 0.1) is 0 Å². The van der Waals surface area contributed by atoms with Gasteiger partial charge in [-0.3, -0.25) is 10.1 Å². The number of carbonyl (C=O) groups excluding carboxylic acids is 1. The summed E-state index contributed by atoms with van der Waals surface area (Å²) in [5.74, 6) is -0.327. The Morgan fingerprint density at radius 2 is 2.18 bits per heavy atom. The van der Waals surface area contributed by atoms with E-state index in [-0.39, 0.29) is 18.3 Å². The number of amides is 1.